The molecule has 0 spiro atoms. The van der Waals surface area contributed by atoms with Gasteiger partial charge in [-0.1, -0.05) is 60.7 Å². The zero-order chi connectivity index (χ0) is 16.8. The minimum absolute atomic E-state index is 0.120. The summed E-state index contributed by atoms with van der Waals surface area (Å²) in [6.07, 6.45) is 0.912. The van der Waals surface area contributed by atoms with Gasteiger partial charge in [-0.2, -0.15) is 0 Å². The lowest BCUT2D eigenvalue weighted by atomic mass is 9.91. The molecule has 0 aliphatic heterocycles. The number of aliphatic hydroxyl groups is 1. The lowest BCUT2D eigenvalue weighted by Gasteiger charge is -2.17. The molecule has 0 heterocycles. The summed E-state index contributed by atoms with van der Waals surface area (Å²) in [6.45, 7) is 0.120. The molecule has 2 nitrogen and oxygen atoms in total. The first-order chi connectivity index (χ1) is 11.8. The third-order valence-corrected chi connectivity index (χ3v) is 4.84. The molecule has 120 valence electrons. The van der Waals surface area contributed by atoms with Crippen molar-refractivity contribution in [3.63, 3.8) is 0 Å². The second kappa shape index (κ2) is 7.95. The molecule has 0 saturated heterocycles. The van der Waals surface area contributed by atoms with Gasteiger partial charge in [0.05, 0.1) is 6.61 Å². The van der Waals surface area contributed by atoms with E-state index in [0.717, 1.165) is 33.4 Å². The van der Waals surface area contributed by atoms with Crippen molar-refractivity contribution in [3.8, 4) is 22.3 Å². The number of hydrogen-bond acceptors (Lipinski definition) is 3. The van der Waals surface area contributed by atoms with E-state index in [1.54, 1.807) is 11.8 Å². The fraction of sp³-hybridized carbons (Fsp3) is 0.0952. The summed E-state index contributed by atoms with van der Waals surface area (Å²) in [6, 6.07) is 23.9. The number of thioether (sulfide) groups is 1. The van der Waals surface area contributed by atoms with Crippen LogP contribution >= 0.6 is 11.8 Å². The summed E-state index contributed by atoms with van der Waals surface area (Å²) in [5.74, 6) is 0.620. The van der Waals surface area contributed by atoms with Crippen LogP contribution < -0.4 is 0 Å². The van der Waals surface area contributed by atoms with Gasteiger partial charge in [-0.05, 0) is 23.3 Å². The second-order valence-electron chi connectivity index (χ2n) is 5.32. The van der Waals surface area contributed by atoms with E-state index >= 15 is 0 Å². The van der Waals surface area contributed by atoms with E-state index < -0.39 is 0 Å². The highest BCUT2D eigenvalue weighted by atomic mass is 32.2. The maximum Gasteiger partial charge on any atom is 0.150 e. The first kappa shape index (κ1) is 16.5. The molecule has 0 bridgehead atoms. The SMILES string of the molecule is O=Cc1ccc(SCCO)c(-c2ccccc2)c1-c1ccccc1. The third kappa shape index (κ3) is 3.42. The summed E-state index contributed by atoms with van der Waals surface area (Å²) >= 11 is 1.60. The van der Waals surface area contributed by atoms with E-state index in [1.165, 1.54) is 0 Å². The summed E-state index contributed by atoms with van der Waals surface area (Å²) in [4.78, 5) is 12.7. The molecule has 3 aromatic rings. The van der Waals surface area contributed by atoms with Gasteiger partial charge in [0.2, 0.25) is 0 Å². The van der Waals surface area contributed by atoms with Crippen molar-refractivity contribution < 1.29 is 9.90 Å². The Labute approximate surface area is 146 Å². The molecule has 3 rings (SSSR count). The molecule has 0 radical (unpaired) electrons. The Bertz CT molecular complexity index is 814. The molecule has 24 heavy (non-hydrogen) atoms. The van der Waals surface area contributed by atoms with Crippen molar-refractivity contribution in [1.82, 2.24) is 0 Å². The smallest absolute Gasteiger partial charge is 0.150 e. The molecule has 0 unspecified atom stereocenters. The Morgan fingerprint density at radius 2 is 1.38 bits per heavy atom. The number of carbonyl (C=O) groups excluding carboxylic acids is 1. The van der Waals surface area contributed by atoms with Crippen molar-refractivity contribution in [2.24, 2.45) is 0 Å². The second-order valence-corrected chi connectivity index (χ2v) is 6.46. The molecule has 1 N–H and O–H groups in total. The summed E-state index contributed by atoms with van der Waals surface area (Å²) in [7, 11) is 0. The number of aldehydes is 1. The first-order valence-corrected chi connectivity index (χ1v) is 8.80. The van der Waals surface area contributed by atoms with Crippen LogP contribution in [0.4, 0.5) is 0 Å². The Kier molecular flexibility index (Phi) is 5.47. The summed E-state index contributed by atoms with van der Waals surface area (Å²) < 4.78 is 0. The van der Waals surface area contributed by atoms with Gasteiger partial charge in [-0.3, -0.25) is 4.79 Å². The van der Waals surface area contributed by atoms with Crippen molar-refractivity contribution in [2.75, 3.05) is 12.4 Å². The monoisotopic (exact) mass is 334 g/mol. The first-order valence-electron chi connectivity index (χ1n) is 7.82. The minimum atomic E-state index is 0.120. The van der Waals surface area contributed by atoms with Crippen molar-refractivity contribution in [2.45, 2.75) is 4.90 Å². The van der Waals surface area contributed by atoms with E-state index in [4.69, 9.17) is 0 Å². The van der Waals surface area contributed by atoms with Crippen molar-refractivity contribution in [3.05, 3.63) is 78.4 Å². The average molecular weight is 334 g/mol. The molecule has 3 aromatic carbocycles. The number of carbonyl (C=O) groups is 1. The Morgan fingerprint density at radius 3 is 1.92 bits per heavy atom. The highest BCUT2D eigenvalue weighted by molar-refractivity contribution is 7.99. The van der Waals surface area contributed by atoms with Gasteiger partial charge in [0.25, 0.3) is 0 Å². The molecule has 0 amide bonds. The van der Waals surface area contributed by atoms with Crippen LogP contribution in [0.3, 0.4) is 0 Å². The third-order valence-electron chi connectivity index (χ3n) is 3.80. The van der Waals surface area contributed by atoms with Gasteiger partial charge in [-0.25, -0.2) is 0 Å². The Balaban J connectivity index is 2.29. The molecule has 0 aliphatic rings. The van der Waals surface area contributed by atoms with Crippen LogP contribution in [0.1, 0.15) is 10.4 Å². The highest BCUT2D eigenvalue weighted by Crippen LogP contribution is 2.41. The summed E-state index contributed by atoms with van der Waals surface area (Å²) in [5.41, 5.74) is 4.75. The fourth-order valence-corrected chi connectivity index (χ4v) is 3.62. The maximum atomic E-state index is 11.7. The van der Waals surface area contributed by atoms with E-state index in [9.17, 15) is 9.90 Å². The molecule has 0 aliphatic carbocycles. The van der Waals surface area contributed by atoms with Crippen LogP contribution in [0.5, 0.6) is 0 Å². The van der Waals surface area contributed by atoms with Crippen LogP contribution in [0.2, 0.25) is 0 Å². The molecular formula is C21H18O2S. The average Bonchev–Trinajstić information content (AvgIpc) is 2.67. The molecule has 0 atom stereocenters. The zero-order valence-electron chi connectivity index (χ0n) is 13.2. The lowest BCUT2D eigenvalue weighted by Crippen LogP contribution is -1.96. The zero-order valence-corrected chi connectivity index (χ0v) is 14.0. The summed E-state index contributed by atoms with van der Waals surface area (Å²) in [5, 5.41) is 9.20. The quantitative estimate of drug-likeness (QED) is 0.514. The van der Waals surface area contributed by atoms with Gasteiger partial charge in [-0.15, -0.1) is 11.8 Å². The van der Waals surface area contributed by atoms with Gasteiger partial charge in [0.15, 0.2) is 6.29 Å². The topological polar surface area (TPSA) is 37.3 Å². The molecule has 0 saturated carbocycles. The fourth-order valence-electron chi connectivity index (χ4n) is 2.78. The van der Waals surface area contributed by atoms with Gasteiger partial charge < -0.3 is 5.11 Å². The Morgan fingerprint density at radius 1 is 0.792 bits per heavy atom. The number of aliphatic hydroxyl groups excluding tert-OH is 1. The Hall–Kier alpha value is -2.36. The standard InChI is InChI=1S/C21H18O2S/c22-13-14-24-19-12-11-18(15-23)20(16-7-3-1-4-8-16)21(19)17-9-5-2-6-10-17/h1-12,15,22H,13-14H2. The van der Waals surface area contributed by atoms with Crippen LogP contribution in [0.25, 0.3) is 22.3 Å². The van der Waals surface area contributed by atoms with E-state index in [-0.39, 0.29) is 6.61 Å². The van der Waals surface area contributed by atoms with Crippen LogP contribution in [0, 0.1) is 0 Å². The molecule has 0 aromatic heterocycles. The lowest BCUT2D eigenvalue weighted by molar-refractivity contribution is 0.112. The van der Waals surface area contributed by atoms with E-state index in [2.05, 4.69) is 12.1 Å². The number of benzene rings is 3. The number of hydrogen-bond donors (Lipinski definition) is 1. The number of rotatable bonds is 6. The minimum Gasteiger partial charge on any atom is -0.396 e. The van der Waals surface area contributed by atoms with Gasteiger partial charge in [0.1, 0.15) is 0 Å². The molecule has 3 heteroatoms. The highest BCUT2D eigenvalue weighted by Gasteiger charge is 2.16. The van der Waals surface area contributed by atoms with Crippen LogP contribution in [-0.2, 0) is 0 Å². The molecular weight excluding hydrogens is 316 g/mol. The van der Waals surface area contributed by atoms with Gasteiger partial charge in [0, 0.05) is 27.3 Å². The predicted molar refractivity (Wildman–Crippen MR) is 101 cm³/mol. The van der Waals surface area contributed by atoms with Crippen LogP contribution in [0.15, 0.2) is 77.7 Å². The normalized spacial score (nSPS) is 10.5. The van der Waals surface area contributed by atoms with E-state index in [0.29, 0.717) is 11.3 Å². The molecule has 0 fully saturated rings. The van der Waals surface area contributed by atoms with Crippen LogP contribution in [-0.4, -0.2) is 23.8 Å². The van der Waals surface area contributed by atoms with Crippen molar-refractivity contribution in [1.29, 1.82) is 0 Å². The largest absolute Gasteiger partial charge is 0.396 e. The predicted octanol–water partition coefficient (Wildman–Crippen LogP) is 4.92. The van der Waals surface area contributed by atoms with Crippen molar-refractivity contribution >= 4 is 18.0 Å². The maximum absolute atomic E-state index is 11.7. The van der Waals surface area contributed by atoms with E-state index in [1.807, 2.05) is 60.7 Å². The van der Waals surface area contributed by atoms with Gasteiger partial charge >= 0.3 is 0 Å².